The Labute approximate surface area is 149 Å². The zero-order chi connectivity index (χ0) is 18.3. The summed E-state index contributed by atoms with van der Waals surface area (Å²) in [6, 6.07) is 18.7. The van der Waals surface area contributed by atoms with E-state index in [1.54, 1.807) is 0 Å². The van der Waals surface area contributed by atoms with Gasteiger partial charge < -0.3 is 5.11 Å². The number of rotatable bonds is 3. The Morgan fingerprint density at radius 1 is 0.885 bits per heavy atom. The fourth-order valence-electron chi connectivity index (χ4n) is 2.98. The molecule has 0 aliphatic carbocycles. The lowest BCUT2D eigenvalue weighted by molar-refractivity contribution is 0.476. The topological polar surface area (TPSA) is 59.3 Å². The maximum absolute atomic E-state index is 13.5. The van der Waals surface area contributed by atoms with Crippen molar-refractivity contribution in [2.45, 2.75) is 4.90 Å². The van der Waals surface area contributed by atoms with E-state index in [0.717, 1.165) is 15.6 Å². The molecule has 130 valence electrons. The van der Waals surface area contributed by atoms with E-state index in [0.29, 0.717) is 16.5 Å². The van der Waals surface area contributed by atoms with Crippen molar-refractivity contribution in [1.82, 2.24) is 3.97 Å². The first kappa shape index (κ1) is 16.4. The molecular weight excluding hydrogens is 353 g/mol. The van der Waals surface area contributed by atoms with Gasteiger partial charge in [0, 0.05) is 17.1 Å². The standard InChI is InChI=1S/C20H14FNO3S/c21-15-7-4-8-17(11-15)26(24,25)22-13-19(14-5-2-1-3-6-14)18-12-16(23)9-10-20(18)22/h1-13,23H. The molecule has 1 N–H and O–H groups in total. The largest absolute Gasteiger partial charge is 0.508 e. The molecule has 1 heterocycles. The normalized spacial score (nSPS) is 11.7. The summed E-state index contributed by atoms with van der Waals surface area (Å²) in [4.78, 5) is -0.137. The first-order valence-corrected chi connectivity index (χ1v) is 9.31. The number of halogens is 1. The van der Waals surface area contributed by atoms with Crippen LogP contribution in [0, 0.1) is 5.82 Å². The summed E-state index contributed by atoms with van der Waals surface area (Å²) < 4.78 is 40.8. The van der Waals surface area contributed by atoms with E-state index in [4.69, 9.17) is 0 Å². The Kier molecular flexibility index (Phi) is 3.77. The van der Waals surface area contributed by atoms with Crippen LogP contribution in [0.1, 0.15) is 0 Å². The molecule has 0 atom stereocenters. The minimum Gasteiger partial charge on any atom is -0.508 e. The maximum atomic E-state index is 13.5. The van der Waals surface area contributed by atoms with Gasteiger partial charge in [-0.3, -0.25) is 0 Å². The van der Waals surface area contributed by atoms with E-state index in [-0.39, 0.29) is 10.6 Å². The van der Waals surface area contributed by atoms with Gasteiger partial charge in [-0.05, 0) is 42.0 Å². The van der Waals surface area contributed by atoms with Crippen molar-refractivity contribution in [3.8, 4) is 16.9 Å². The molecule has 4 nitrogen and oxygen atoms in total. The van der Waals surface area contributed by atoms with Gasteiger partial charge >= 0.3 is 0 Å². The zero-order valence-corrected chi connectivity index (χ0v) is 14.3. The molecule has 0 aliphatic rings. The van der Waals surface area contributed by atoms with Gasteiger partial charge in [-0.2, -0.15) is 0 Å². The number of hydrogen-bond donors (Lipinski definition) is 1. The van der Waals surface area contributed by atoms with Crippen molar-refractivity contribution in [3.63, 3.8) is 0 Å². The third-order valence-corrected chi connectivity index (χ3v) is 5.86. The van der Waals surface area contributed by atoms with Crippen LogP contribution in [0.5, 0.6) is 5.75 Å². The van der Waals surface area contributed by atoms with Gasteiger partial charge in [-0.25, -0.2) is 16.8 Å². The molecule has 0 bridgehead atoms. The lowest BCUT2D eigenvalue weighted by atomic mass is 10.1. The Morgan fingerprint density at radius 2 is 1.65 bits per heavy atom. The number of aromatic hydroxyl groups is 1. The lowest BCUT2D eigenvalue weighted by Crippen LogP contribution is -2.12. The van der Waals surface area contributed by atoms with Gasteiger partial charge in [0.2, 0.25) is 0 Å². The third-order valence-electron chi connectivity index (χ3n) is 4.19. The van der Waals surface area contributed by atoms with E-state index in [1.807, 2.05) is 30.3 Å². The first-order valence-electron chi connectivity index (χ1n) is 7.87. The Bertz CT molecular complexity index is 1210. The molecule has 1 aromatic heterocycles. The van der Waals surface area contributed by atoms with Crippen molar-refractivity contribution >= 4 is 20.9 Å². The van der Waals surface area contributed by atoms with Gasteiger partial charge in [0.15, 0.2) is 0 Å². The minimum absolute atomic E-state index is 0.0376. The highest BCUT2D eigenvalue weighted by molar-refractivity contribution is 7.90. The van der Waals surface area contributed by atoms with Gasteiger partial charge in [0.25, 0.3) is 10.0 Å². The molecular formula is C20H14FNO3S. The number of phenolic OH excluding ortho intramolecular Hbond substituents is 1. The van der Waals surface area contributed by atoms with Crippen LogP contribution in [0.2, 0.25) is 0 Å². The fraction of sp³-hybridized carbons (Fsp3) is 0. The highest BCUT2D eigenvalue weighted by Gasteiger charge is 2.22. The molecule has 0 aliphatic heterocycles. The highest BCUT2D eigenvalue weighted by atomic mass is 32.2. The summed E-state index contributed by atoms with van der Waals surface area (Å²) in [7, 11) is -3.99. The molecule has 0 fully saturated rings. The molecule has 0 radical (unpaired) electrons. The van der Waals surface area contributed by atoms with Crippen molar-refractivity contribution in [2.75, 3.05) is 0 Å². The van der Waals surface area contributed by atoms with Gasteiger partial charge in [-0.15, -0.1) is 0 Å². The van der Waals surface area contributed by atoms with E-state index in [9.17, 15) is 17.9 Å². The van der Waals surface area contributed by atoms with Crippen LogP contribution in [0.3, 0.4) is 0 Å². The van der Waals surface area contributed by atoms with Crippen molar-refractivity contribution < 1.29 is 17.9 Å². The summed E-state index contributed by atoms with van der Waals surface area (Å²) >= 11 is 0. The minimum atomic E-state index is -3.99. The SMILES string of the molecule is O=S(=O)(c1cccc(F)c1)n1cc(-c2ccccc2)c2cc(O)ccc21. The lowest BCUT2D eigenvalue weighted by Gasteiger charge is -2.07. The molecule has 0 amide bonds. The zero-order valence-electron chi connectivity index (χ0n) is 13.5. The molecule has 4 rings (SSSR count). The molecule has 0 spiro atoms. The number of benzene rings is 3. The number of aromatic nitrogens is 1. The Hall–Kier alpha value is -3.12. The average molecular weight is 367 g/mol. The monoisotopic (exact) mass is 367 g/mol. The molecule has 6 heteroatoms. The quantitative estimate of drug-likeness (QED) is 0.584. The van der Waals surface area contributed by atoms with Crippen LogP contribution in [-0.2, 0) is 10.0 Å². The van der Waals surface area contributed by atoms with E-state index >= 15 is 0 Å². The molecule has 4 aromatic rings. The molecule has 0 saturated carbocycles. The first-order chi connectivity index (χ1) is 12.5. The van der Waals surface area contributed by atoms with Crippen LogP contribution >= 0.6 is 0 Å². The predicted octanol–water partition coefficient (Wildman–Crippen LogP) is 4.39. The van der Waals surface area contributed by atoms with E-state index in [1.165, 1.54) is 42.6 Å². The molecule has 0 unspecified atom stereocenters. The number of nitrogens with zero attached hydrogens (tertiary/aromatic N) is 1. The summed E-state index contributed by atoms with van der Waals surface area (Å²) in [6.45, 7) is 0. The van der Waals surface area contributed by atoms with Crippen LogP contribution in [0.15, 0.2) is 83.9 Å². The van der Waals surface area contributed by atoms with Crippen molar-refractivity contribution in [1.29, 1.82) is 0 Å². The van der Waals surface area contributed by atoms with Crippen LogP contribution in [-0.4, -0.2) is 17.5 Å². The van der Waals surface area contributed by atoms with Gasteiger partial charge in [0.1, 0.15) is 11.6 Å². The second-order valence-electron chi connectivity index (χ2n) is 5.87. The fourth-order valence-corrected chi connectivity index (χ4v) is 4.38. The predicted molar refractivity (Wildman–Crippen MR) is 98.0 cm³/mol. The summed E-state index contributed by atoms with van der Waals surface area (Å²) in [5.41, 5.74) is 1.89. The van der Waals surface area contributed by atoms with Crippen LogP contribution in [0.4, 0.5) is 4.39 Å². The molecule has 0 saturated heterocycles. The summed E-state index contributed by atoms with van der Waals surface area (Å²) in [5.74, 6) is -0.584. The average Bonchev–Trinajstić information content (AvgIpc) is 3.02. The number of phenols is 1. The van der Waals surface area contributed by atoms with Crippen LogP contribution in [0.25, 0.3) is 22.0 Å². The third kappa shape index (κ3) is 2.64. The van der Waals surface area contributed by atoms with Crippen molar-refractivity contribution in [3.05, 3.63) is 84.8 Å². The Balaban J connectivity index is 2.03. The summed E-state index contributed by atoms with van der Waals surface area (Å²) in [6.07, 6.45) is 1.50. The molecule has 3 aromatic carbocycles. The Morgan fingerprint density at radius 3 is 2.38 bits per heavy atom. The van der Waals surface area contributed by atoms with Crippen molar-refractivity contribution in [2.24, 2.45) is 0 Å². The van der Waals surface area contributed by atoms with Gasteiger partial charge in [-0.1, -0.05) is 36.4 Å². The highest BCUT2D eigenvalue weighted by Crippen LogP contribution is 2.34. The van der Waals surface area contributed by atoms with Crippen LogP contribution < -0.4 is 0 Å². The number of hydrogen-bond acceptors (Lipinski definition) is 3. The second-order valence-corrected chi connectivity index (χ2v) is 7.68. The van der Waals surface area contributed by atoms with E-state index in [2.05, 4.69) is 0 Å². The number of fused-ring (bicyclic) bond motifs is 1. The maximum Gasteiger partial charge on any atom is 0.268 e. The molecule has 26 heavy (non-hydrogen) atoms. The van der Waals surface area contributed by atoms with E-state index < -0.39 is 15.8 Å². The second kappa shape index (κ2) is 6.00. The summed E-state index contributed by atoms with van der Waals surface area (Å²) in [5, 5.41) is 10.5. The van der Waals surface area contributed by atoms with Gasteiger partial charge in [0.05, 0.1) is 10.4 Å². The smallest absolute Gasteiger partial charge is 0.268 e.